The van der Waals surface area contributed by atoms with E-state index in [2.05, 4.69) is 43.5 Å². The number of hydrogen-bond acceptors (Lipinski definition) is 10. The van der Waals surface area contributed by atoms with Crippen molar-refractivity contribution in [1.82, 2.24) is 29.7 Å². The second-order valence-corrected chi connectivity index (χ2v) is 9.07. The van der Waals surface area contributed by atoms with Gasteiger partial charge in [0.25, 0.3) is 0 Å². The van der Waals surface area contributed by atoms with E-state index < -0.39 is 0 Å². The molecule has 0 radical (unpaired) electrons. The summed E-state index contributed by atoms with van der Waals surface area (Å²) in [5, 5.41) is 0. The molecule has 0 amide bonds. The van der Waals surface area contributed by atoms with Gasteiger partial charge in [-0.1, -0.05) is 13.8 Å². The highest BCUT2D eigenvalue weighted by molar-refractivity contribution is 5.86. The summed E-state index contributed by atoms with van der Waals surface area (Å²) in [4.78, 5) is 25.7. The monoisotopic (exact) mass is 602 g/mol. The van der Waals surface area contributed by atoms with Gasteiger partial charge in [0.15, 0.2) is 28.5 Å². The minimum atomic E-state index is 0. The van der Waals surface area contributed by atoms with Gasteiger partial charge in [-0.05, 0) is 44.1 Å². The fraction of sp³-hybridized carbons (Fsp3) is 0.538. The minimum Gasteiger partial charge on any atom is -0.493 e. The molecule has 1 saturated heterocycles. The van der Waals surface area contributed by atoms with Crippen LogP contribution in [0.5, 0.6) is 11.5 Å². The molecule has 0 atom stereocenters. The van der Waals surface area contributed by atoms with Crippen molar-refractivity contribution in [1.29, 1.82) is 0 Å². The Morgan fingerprint density at radius 2 is 1.54 bits per heavy atom. The predicted octanol–water partition coefficient (Wildman–Crippen LogP) is 4.20. The van der Waals surface area contributed by atoms with Crippen molar-refractivity contribution in [3.8, 4) is 22.8 Å². The number of rotatable bonds is 11. The van der Waals surface area contributed by atoms with Crippen LogP contribution >= 0.6 is 37.2 Å². The molecule has 3 aromatic rings. The lowest BCUT2D eigenvalue weighted by molar-refractivity contribution is 0.196. The largest absolute Gasteiger partial charge is 0.493 e. The van der Waals surface area contributed by atoms with E-state index in [0.29, 0.717) is 28.4 Å². The van der Waals surface area contributed by atoms with E-state index >= 15 is 0 Å². The van der Waals surface area contributed by atoms with Gasteiger partial charge in [0.1, 0.15) is 0 Å². The third kappa shape index (κ3) is 8.56. The molecule has 0 bridgehead atoms. The molecule has 1 aliphatic rings. The number of nitrogens with two attached hydrogens (primary N) is 1. The highest BCUT2D eigenvalue weighted by atomic mass is 35.5. The van der Waals surface area contributed by atoms with E-state index in [9.17, 15) is 0 Å². The van der Waals surface area contributed by atoms with Crippen LogP contribution in [-0.2, 0) is 0 Å². The van der Waals surface area contributed by atoms with Crippen molar-refractivity contribution in [3.05, 3.63) is 24.4 Å². The Hall–Kier alpha value is -2.37. The quantitative estimate of drug-likeness (QED) is 0.343. The number of fused-ring (bicyclic) bond motifs is 1. The number of aromatic nitrogens is 4. The molecule has 4 rings (SSSR count). The van der Waals surface area contributed by atoms with Crippen LogP contribution in [0.1, 0.15) is 26.7 Å². The maximum atomic E-state index is 6.05. The second kappa shape index (κ2) is 16.7. The lowest BCUT2D eigenvalue weighted by Gasteiger charge is -2.36. The molecule has 10 nitrogen and oxygen atoms in total. The Morgan fingerprint density at radius 3 is 2.15 bits per heavy atom. The first-order valence-electron chi connectivity index (χ1n) is 12.8. The van der Waals surface area contributed by atoms with E-state index in [1.54, 1.807) is 20.4 Å². The molecule has 0 spiro atoms. The Morgan fingerprint density at radius 1 is 0.872 bits per heavy atom. The van der Waals surface area contributed by atoms with E-state index in [-0.39, 0.29) is 43.2 Å². The number of ether oxygens (including phenoxy) is 2. The average Bonchev–Trinajstić information content (AvgIpc) is 2.91. The first-order valence-corrected chi connectivity index (χ1v) is 12.8. The first-order chi connectivity index (χ1) is 17.6. The SMILES string of the molecule is CCCN(CCC)CCN1CCN(c2nc(N)nc3ncc(-c4ccc(OC)c(OC)c4)nc23)CC1.Cl.Cl.Cl. The van der Waals surface area contributed by atoms with Crippen LogP contribution < -0.4 is 20.1 Å². The third-order valence-corrected chi connectivity index (χ3v) is 6.57. The predicted molar refractivity (Wildman–Crippen MR) is 165 cm³/mol. The molecular formula is C26H41Cl3N8O2. The maximum Gasteiger partial charge on any atom is 0.224 e. The number of nitrogens with zero attached hydrogens (tertiary/aromatic N) is 7. The molecule has 2 N–H and O–H groups in total. The topological polar surface area (TPSA) is 106 Å². The molecule has 2 aromatic heterocycles. The van der Waals surface area contributed by atoms with Crippen LogP contribution in [0.4, 0.5) is 11.8 Å². The number of halogens is 3. The molecule has 1 fully saturated rings. The van der Waals surface area contributed by atoms with Crippen molar-refractivity contribution in [2.45, 2.75) is 26.7 Å². The number of hydrogen-bond donors (Lipinski definition) is 1. The van der Waals surface area contributed by atoms with Gasteiger partial charge in [-0.25, -0.2) is 9.97 Å². The van der Waals surface area contributed by atoms with Gasteiger partial charge in [-0.3, -0.25) is 4.90 Å². The van der Waals surface area contributed by atoms with E-state index in [0.717, 1.165) is 50.6 Å². The van der Waals surface area contributed by atoms with E-state index in [1.165, 1.54) is 25.9 Å². The second-order valence-electron chi connectivity index (χ2n) is 9.07. The number of anilines is 2. The molecule has 13 heteroatoms. The van der Waals surface area contributed by atoms with Crippen LogP contribution in [-0.4, -0.2) is 96.3 Å². The lowest BCUT2D eigenvalue weighted by atomic mass is 10.1. The fourth-order valence-corrected chi connectivity index (χ4v) is 4.70. The molecule has 3 heterocycles. The molecular weight excluding hydrogens is 563 g/mol. The normalized spacial score (nSPS) is 13.4. The van der Waals surface area contributed by atoms with E-state index in [4.69, 9.17) is 20.2 Å². The highest BCUT2D eigenvalue weighted by Gasteiger charge is 2.22. The lowest BCUT2D eigenvalue weighted by Crippen LogP contribution is -2.49. The first kappa shape index (κ1) is 34.7. The standard InChI is InChI=1S/C26H38N8O2.3ClH/c1-5-9-32(10-6-2)11-12-33-13-15-34(16-14-33)25-23-24(30-26(27)31-25)28-18-20(29-23)19-7-8-21(35-3)22(17-19)36-4;;;/h7-8,17-18H,5-6,9-16H2,1-4H3,(H2,27,28,30,31);3*1H. The summed E-state index contributed by atoms with van der Waals surface area (Å²) >= 11 is 0. The molecule has 0 saturated carbocycles. The molecule has 1 aliphatic heterocycles. The third-order valence-electron chi connectivity index (χ3n) is 6.57. The van der Waals surface area contributed by atoms with Gasteiger partial charge in [0, 0.05) is 44.8 Å². The minimum absolute atomic E-state index is 0. The van der Waals surface area contributed by atoms with Gasteiger partial charge in [-0.2, -0.15) is 9.97 Å². The average molecular weight is 604 g/mol. The Labute approximate surface area is 249 Å². The smallest absolute Gasteiger partial charge is 0.224 e. The summed E-state index contributed by atoms with van der Waals surface area (Å²) in [5.41, 5.74) is 8.79. The van der Waals surface area contributed by atoms with Crippen LogP contribution in [0.15, 0.2) is 24.4 Å². The van der Waals surface area contributed by atoms with Gasteiger partial charge in [0.2, 0.25) is 5.95 Å². The van der Waals surface area contributed by atoms with Crippen molar-refractivity contribution in [2.75, 3.05) is 77.2 Å². The van der Waals surface area contributed by atoms with Crippen LogP contribution in [0.25, 0.3) is 22.4 Å². The van der Waals surface area contributed by atoms with Gasteiger partial charge < -0.3 is 25.0 Å². The number of benzene rings is 1. The number of methoxy groups -OCH3 is 2. The van der Waals surface area contributed by atoms with Crippen molar-refractivity contribution >= 4 is 60.2 Å². The summed E-state index contributed by atoms with van der Waals surface area (Å²) < 4.78 is 10.8. The summed E-state index contributed by atoms with van der Waals surface area (Å²) in [6, 6.07) is 5.70. The molecule has 39 heavy (non-hydrogen) atoms. The zero-order valence-electron chi connectivity index (χ0n) is 23.1. The van der Waals surface area contributed by atoms with Crippen LogP contribution in [0.3, 0.4) is 0 Å². The van der Waals surface area contributed by atoms with Crippen LogP contribution in [0, 0.1) is 0 Å². The fourth-order valence-electron chi connectivity index (χ4n) is 4.70. The van der Waals surface area contributed by atoms with E-state index in [1.807, 2.05) is 18.2 Å². The Kier molecular flexibility index (Phi) is 14.8. The van der Waals surface area contributed by atoms with Crippen molar-refractivity contribution < 1.29 is 9.47 Å². The summed E-state index contributed by atoms with van der Waals surface area (Å²) in [7, 11) is 3.24. The van der Waals surface area contributed by atoms with Crippen LogP contribution in [0.2, 0.25) is 0 Å². The molecule has 0 aliphatic carbocycles. The van der Waals surface area contributed by atoms with Gasteiger partial charge >= 0.3 is 0 Å². The van der Waals surface area contributed by atoms with Gasteiger partial charge in [0.05, 0.1) is 26.1 Å². The molecule has 218 valence electrons. The molecule has 1 aromatic carbocycles. The zero-order chi connectivity index (χ0) is 25.5. The maximum absolute atomic E-state index is 6.05. The zero-order valence-corrected chi connectivity index (χ0v) is 25.6. The number of piperazine rings is 1. The Bertz CT molecular complexity index is 1160. The summed E-state index contributed by atoms with van der Waals surface area (Å²) in [6.45, 7) is 12.7. The highest BCUT2D eigenvalue weighted by Crippen LogP contribution is 2.32. The summed E-state index contributed by atoms with van der Waals surface area (Å²) in [5.74, 6) is 2.25. The Balaban J connectivity index is 0.00000253. The molecule has 0 unspecified atom stereocenters. The van der Waals surface area contributed by atoms with Gasteiger partial charge in [-0.15, -0.1) is 37.2 Å². The number of nitrogen functional groups attached to an aromatic ring is 1. The van der Waals surface area contributed by atoms with Crippen molar-refractivity contribution in [2.24, 2.45) is 0 Å². The van der Waals surface area contributed by atoms with Crippen molar-refractivity contribution in [3.63, 3.8) is 0 Å². The summed E-state index contributed by atoms with van der Waals surface area (Å²) in [6.07, 6.45) is 4.10.